The number of benzene rings is 1. The van der Waals surface area contributed by atoms with E-state index in [9.17, 15) is 4.79 Å². The lowest BCUT2D eigenvalue weighted by molar-refractivity contribution is -0.136. The summed E-state index contributed by atoms with van der Waals surface area (Å²) in [4.78, 5) is 17.2. The lowest BCUT2D eigenvalue weighted by atomic mass is 10.2. The number of carboxylic acid groups (broad SMARTS) is 1. The fourth-order valence-electron chi connectivity index (χ4n) is 2.50. The summed E-state index contributed by atoms with van der Waals surface area (Å²) in [6, 6.07) is 10.5. The number of nitrogens with zero attached hydrogens (tertiary/aromatic N) is 3. The van der Waals surface area contributed by atoms with Crippen molar-refractivity contribution < 1.29 is 9.90 Å². The Morgan fingerprint density at radius 1 is 1.33 bits per heavy atom. The summed E-state index contributed by atoms with van der Waals surface area (Å²) in [5, 5.41) is 8.94. The van der Waals surface area contributed by atoms with E-state index in [4.69, 9.17) is 5.11 Å². The van der Waals surface area contributed by atoms with Crippen molar-refractivity contribution in [2.24, 2.45) is 0 Å². The second-order valence-corrected chi connectivity index (χ2v) is 5.42. The smallest absolute Gasteiger partial charge is 0.305 e. The fraction of sp³-hybridized carbons (Fsp3) is 0.375. The molecule has 1 fully saturated rings. The summed E-state index contributed by atoms with van der Waals surface area (Å²) in [6.45, 7) is 1.18. The second-order valence-electron chi connectivity index (χ2n) is 5.42. The molecule has 2 aromatic rings. The zero-order chi connectivity index (χ0) is 14.7. The molecule has 0 spiro atoms. The first-order chi connectivity index (χ1) is 10.2. The molecule has 110 valence electrons. The number of anilines is 1. The van der Waals surface area contributed by atoms with Gasteiger partial charge in [0.15, 0.2) is 0 Å². The van der Waals surface area contributed by atoms with Gasteiger partial charge in [-0.2, -0.15) is 0 Å². The maximum Gasteiger partial charge on any atom is 0.305 e. The SMILES string of the molecule is O=C(O)CCN(Cc1cncn1C1CC1)c1ccccc1. The zero-order valence-corrected chi connectivity index (χ0v) is 11.9. The minimum absolute atomic E-state index is 0.131. The van der Waals surface area contributed by atoms with Crippen LogP contribution in [0.3, 0.4) is 0 Å². The molecule has 0 radical (unpaired) electrons. The summed E-state index contributed by atoms with van der Waals surface area (Å²) in [7, 11) is 0. The van der Waals surface area contributed by atoms with Crippen LogP contribution in [0.25, 0.3) is 0 Å². The zero-order valence-electron chi connectivity index (χ0n) is 11.9. The predicted octanol–water partition coefficient (Wildman–Crippen LogP) is 2.70. The lowest BCUT2D eigenvalue weighted by Gasteiger charge is -2.24. The van der Waals surface area contributed by atoms with E-state index >= 15 is 0 Å². The molecule has 0 unspecified atom stereocenters. The number of hydrogen-bond acceptors (Lipinski definition) is 3. The summed E-state index contributed by atoms with van der Waals surface area (Å²) in [6.07, 6.45) is 6.32. The van der Waals surface area contributed by atoms with Crippen LogP contribution in [0.2, 0.25) is 0 Å². The number of hydrogen-bond donors (Lipinski definition) is 1. The largest absolute Gasteiger partial charge is 0.481 e. The highest BCUT2D eigenvalue weighted by atomic mass is 16.4. The minimum Gasteiger partial charge on any atom is -0.481 e. The van der Waals surface area contributed by atoms with Gasteiger partial charge in [-0.25, -0.2) is 4.98 Å². The summed E-state index contributed by atoms with van der Waals surface area (Å²) in [5.74, 6) is -0.772. The number of aliphatic carboxylic acids is 1. The molecule has 21 heavy (non-hydrogen) atoms. The van der Waals surface area contributed by atoms with Crippen molar-refractivity contribution >= 4 is 11.7 Å². The molecule has 5 heteroatoms. The number of imidazole rings is 1. The number of rotatable bonds is 7. The van der Waals surface area contributed by atoms with Gasteiger partial charge < -0.3 is 14.6 Å². The quantitative estimate of drug-likeness (QED) is 0.849. The molecule has 1 N–H and O–H groups in total. The lowest BCUT2D eigenvalue weighted by Crippen LogP contribution is -2.26. The summed E-state index contributed by atoms with van der Waals surface area (Å²) >= 11 is 0. The third-order valence-corrected chi connectivity index (χ3v) is 3.76. The Hall–Kier alpha value is -2.30. The Morgan fingerprint density at radius 3 is 2.76 bits per heavy atom. The van der Waals surface area contributed by atoms with Crippen molar-refractivity contribution in [2.45, 2.75) is 31.8 Å². The molecule has 1 saturated carbocycles. The molecule has 1 aliphatic carbocycles. The molecule has 0 aliphatic heterocycles. The Balaban J connectivity index is 1.78. The van der Waals surface area contributed by atoms with Crippen molar-refractivity contribution in [3.8, 4) is 0 Å². The van der Waals surface area contributed by atoms with Crippen LogP contribution in [-0.2, 0) is 11.3 Å². The molecule has 0 saturated heterocycles. The van der Waals surface area contributed by atoms with Gasteiger partial charge in [0.1, 0.15) is 0 Å². The van der Waals surface area contributed by atoms with E-state index in [0.717, 1.165) is 11.4 Å². The number of para-hydroxylation sites is 1. The molecular weight excluding hydrogens is 266 g/mol. The van der Waals surface area contributed by atoms with Crippen LogP contribution in [0.15, 0.2) is 42.9 Å². The first kappa shape index (κ1) is 13.7. The van der Waals surface area contributed by atoms with E-state index in [0.29, 0.717) is 19.1 Å². The van der Waals surface area contributed by atoms with Crippen LogP contribution < -0.4 is 4.90 Å². The normalized spacial score (nSPS) is 14.1. The van der Waals surface area contributed by atoms with Crippen molar-refractivity contribution in [3.05, 3.63) is 48.5 Å². The van der Waals surface area contributed by atoms with Gasteiger partial charge in [0.25, 0.3) is 0 Å². The van der Waals surface area contributed by atoms with Gasteiger partial charge in [-0.3, -0.25) is 4.79 Å². The van der Waals surface area contributed by atoms with Crippen LogP contribution >= 0.6 is 0 Å². The first-order valence-corrected chi connectivity index (χ1v) is 7.26. The molecule has 1 aliphatic rings. The highest BCUT2D eigenvalue weighted by Gasteiger charge is 2.25. The van der Waals surface area contributed by atoms with E-state index in [1.54, 1.807) is 0 Å². The number of carbonyl (C=O) groups is 1. The second kappa shape index (κ2) is 5.99. The summed E-state index contributed by atoms with van der Waals surface area (Å²) in [5.41, 5.74) is 2.19. The average molecular weight is 285 g/mol. The maximum absolute atomic E-state index is 10.9. The van der Waals surface area contributed by atoms with Crippen molar-refractivity contribution in [3.63, 3.8) is 0 Å². The molecular formula is C16H19N3O2. The molecule has 1 aromatic carbocycles. The van der Waals surface area contributed by atoms with Gasteiger partial charge in [-0.15, -0.1) is 0 Å². The Labute approximate surface area is 123 Å². The Morgan fingerprint density at radius 2 is 2.10 bits per heavy atom. The first-order valence-electron chi connectivity index (χ1n) is 7.26. The van der Waals surface area contributed by atoms with Gasteiger partial charge in [0.05, 0.1) is 25.0 Å². The van der Waals surface area contributed by atoms with E-state index < -0.39 is 5.97 Å². The molecule has 0 atom stereocenters. The average Bonchev–Trinajstić information content (AvgIpc) is 3.23. The molecule has 3 rings (SSSR count). The Kier molecular flexibility index (Phi) is 3.90. The molecule has 0 bridgehead atoms. The topological polar surface area (TPSA) is 58.4 Å². The Bertz CT molecular complexity index is 605. The van der Waals surface area contributed by atoms with E-state index in [1.165, 1.54) is 12.8 Å². The van der Waals surface area contributed by atoms with E-state index in [1.807, 2.05) is 42.9 Å². The highest BCUT2D eigenvalue weighted by molar-refractivity contribution is 5.67. The maximum atomic E-state index is 10.9. The van der Waals surface area contributed by atoms with Crippen molar-refractivity contribution in [1.82, 2.24) is 9.55 Å². The molecule has 0 amide bonds. The van der Waals surface area contributed by atoms with Crippen molar-refractivity contribution in [2.75, 3.05) is 11.4 Å². The monoisotopic (exact) mass is 285 g/mol. The molecule has 1 heterocycles. The third-order valence-electron chi connectivity index (χ3n) is 3.76. The van der Waals surface area contributed by atoms with Crippen LogP contribution in [0.5, 0.6) is 0 Å². The van der Waals surface area contributed by atoms with Gasteiger partial charge in [-0.1, -0.05) is 18.2 Å². The number of carboxylic acids is 1. The van der Waals surface area contributed by atoms with Gasteiger partial charge in [0, 0.05) is 24.5 Å². The van der Waals surface area contributed by atoms with Crippen LogP contribution in [0.4, 0.5) is 5.69 Å². The van der Waals surface area contributed by atoms with Crippen molar-refractivity contribution in [1.29, 1.82) is 0 Å². The van der Waals surface area contributed by atoms with Gasteiger partial charge in [-0.05, 0) is 25.0 Å². The van der Waals surface area contributed by atoms with E-state index in [-0.39, 0.29) is 6.42 Å². The molecule has 5 nitrogen and oxygen atoms in total. The molecule has 1 aromatic heterocycles. The predicted molar refractivity (Wildman–Crippen MR) is 80.2 cm³/mol. The minimum atomic E-state index is -0.772. The van der Waals surface area contributed by atoms with Gasteiger partial charge in [0.2, 0.25) is 0 Å². The highest BCUT2D eigenvalue weighted by Crippen LogP contribution is 2.36. The van der Waals surface area contributed by atoms with Crippen LogP contribution in [-0.4, -0.2) is 27.2 Å². The van der Waals surface area contributed by atoms with E-state index in [2.05, 4.69) is 14.5 Å². The fourth-order valence-corrected chi connectivity index (χ4v) is 2.50. The number of aromatic nitrogens is 2. The van der Waals surface area contributed by atoms with Gasteiger partial charge >= 0.3 is 5.97 Å². The summed E-state index contributed by atoms with van der Waals surface area (Å²) < 4.78 is 2.22. The van der Waals surface area contributed by atoms with Crippen LogP contribution in [0.1, 0.15) is 31.0 Å². The standard InChI is InChI=1S/C16H19N3O2/c20-16(21)8-9-18(13-4-2-1-3-5-13)11-15-10-17-12-19(15)14-6-7-14/h1-5,10,12,14H,6-9,11H2,(H,20,21). The third kappa shape index (κ3) is 3.42. The van der Waals surface area contributed by atoms with Crippen LogP contribution in [0, 0.1) is 0 Å².